The van der Waals surface area contributed by atoms with E-state index in [-0.39, 0.29) is 0 Å². The first kappa shape index (κ1) is 14.9. The fourth-order valence-electron chi connectivity index (χ4n) is 2.81. The molecule has 0 spiro atoms. The minimum atomic E-state index is 0.302. The molecular formula is C17H27NS. The highest BCUT2D eigenvalue weighted by Crippen LogP contribution is 2.31. The first-order valence-corrected chi connectivity index (χ1v) is 8.65. The van der Waals surface area contributed by atoms with Crippen molar-refractivity contribution in [3.05, 3.63) is 29.3 Å². The Kier molecular flexibility index (Phi) is 5.77. The van der Waals surface area contributed by atoms with Crippen molar-refractivity contribution in [1.82, 2.24) is 0 Å². The maximum absolute atomic E-state index is 6.05. The molecule has 1 aromatic rings. The van der Waals surface area contributed by atoms with Gasteiger partial charge in [0.15, 0.2) is 0 Å². The van der Waals surface area contributed by atoms with E-state index in [2.05, 4.69) is 32.0 Å². The topological polar surface area (TPSA) is 26.0 Å². The average molecular weight is 277 g/mol. The van der Waals surface area contributed by atoms with Crippen LogP contribution < -0.4 is 5.73 Å². The SMILES string of the molecule is CCC(N)Cc1ccc(SCC2CCCC2)cc1C. The van der Waals surface area contributed by atoms with Crippen molar-refractivity contribution < 1.29 is 0 Å². The van der Waals surface area contributed by atoms with Crippen LogP contribution in [0, 0.1) is 12.8 Å². The van der Waals surface area contributed by atoms with Gasteiger partial charge >= 0.3 is 0 Å². The maximum atomic E-state index is 6.05. The van der Waals surface area contributed by atoms with Crippen molar-refractivity contribution in [1.29, 1.82) is 0 Å². The van der Waals surface area contributed by atoms with E-state index in [0.29, 0.717) is 6.04 Å². The summed E-state index contributed by atoms with van der Waals surface area (Å²) in [4.78, 5) is 1.43. The van der Waals surface area contributed by atoms with E-state index < -0.39 is 0 Å². The summed E-state index contributed by atoms with van der Waals surface area (Å²) in [6, 6.07) is 7.21. The molecule has 1 saturated carbocycles. The molecule has 1 aliphatic carbocycles. The smallest absolute Gasteiger partial charge is 0.00767 e. The highest BCUT2D eigenvalue weighted by atomic mass is 32.2. The van der Waals surface area contributed by atoms with Crippen LogP contribution in [-0.4, -0.2) is 11.8 Å². The highest BCUT2D eigenvalue weighted by Gasteiger charge is 2.15. The highest BCUT2D eigenvalue weighted by molar-refractivity contribution is 7.99. The van der Waals surface area contributed by atoms with Crippen molar-refractivity contribution in [2.45, 2.75) is 63.3 Å². The number of thioether (sulfide) groups is 1. The predicted molar refractivity (Wildman–Crippen MR) is 85.8 cm³/mol. The van der Waals surface area contributed by atoms with Crippen molar-refractivity contribution in [3.8, 4) is 0 Å². The van der Waals surface area contributed by atoms with Crippen LogP contribution in [0.4, 0.5) is 0 Å². The Labute approximate surface area is 122 Å². The van der Waals surface area contributed by atoms with Gasteiger partial charge in [0.1, 0.15) is 0 Å². The quantitative estimate of drug-likeness (QED) is 0.772. The monoisotopic (exact) mass is 277 g/mol. The van der Waals surface area contributed by atoms with E-state index >= 15 is 0 Å². The van der Waals surface area contributed by atoms with E-state index in [4.69, 9.17) is 5.73 Å². The first-order chi connectivity index (χ1) is 9.19. The molecule has 106 valence electrons. The van der Waals surface area contributed by atoms with Crippen LogP contribution >= 0.6 is 11.8 Å². The second-order valence-electron chi connectivity index (χ2n) is 5.92. The van der Waals surface area contributed by atoms with Crippen LogP contribution in [0.5, 0.6) is 0 Å². The molecule has 0 aliphatic heterocycles. The van der Waals surface area contributed by atoms with Crippen LogP contribution in [0.2, 0.25) is 0 Å². The van der Waals surface area contributed by atoms with Gasteiger partial charge in [0, 0.05) is 16.7 Å². The van der Waals surface area contributed by atoms with Crippen molar-refractivity contribution in [2.75, 3.05) is 5.75 Å². The summed E-state index contributed by atoms with van der Waals surface area (Å²) < 4.78 is 0. The van der Waals surface area contributed by atoms with Crippen LogP contribution in [0.3, 0.4) is 0 Å². The minimum absolute atomic E-state index is 0.302. The lowest BCUT2D eigenvalue weighted by atomic mass is 10.0. The summed E-state index contributed by atoms with van der Waals surface area (Å²) in [7, 11) is 0. The Morgan fingerprint density at radius 1 is 1.32 bits per heavy atom. The lowest BCUT2D eigenvalue weighted by Crippen LogP contribution is -2.21. The van der Waals surface area contributed by atoms with Gasteiger partial charge in [-0.25, -0.2) is 0 Å². The number of benzene rings is 1. The predicted octanol–water partition coefficient (Wildman–Crippen LogP) is 4.56. The standard InChI is InChI=1S/C17H27NS/c1-3-16(18)11-15-8-9-17(10-13(15)2)19-12-14-6-4-5-7-14/h8-10,14,16H,3-7,11-12,18H2,1-2H3. The van der Waals surface area contributed by atoms with E-state index in [9.17, 15) is 0 Å². The summed E-state index contributed by atoms with van der Waals surface area (Å²) in [5.41, 5.74) is 8.87. The molecule has 2 heteroatoms. The zero-order valence-electron chi connectivity index (χ0n) is 12.3. The Morgan fingerprint density at radius 3 is 2.68 bits per heavy atom. The van der Waals surface area contributed by atoms with Gasteiger partial charge in [-0.05, 0) is 61.8 Å². The third-order valence-corrected chi connectivity index (χ3v) is 5.51. The largest absolute Gasteiger partial charge is 0.327 e. The minimum Gasteiger partial charge on any atom is -0.327 e. The molecular weight excluding hydrogens is 250 g/mol. The molecule has 1 atom stereocenters. The van der Waals surface area contributed by atoms with Crippen molar-refractivity contribution in [3.63, 3.8) is 0 Å². The van der Waals surface area contributed by atoms with Crippen LogP contribution in [0.15, 0.2) is 23.1 Å². The molecule has 19 heavy (non-hydrogen) atoms. The number of aryl methyl sites for hydroxylation is 1. The Balaban J connectivity index is 1.90. The van der Waals surface area contributed by atoms with Crippen molar-refractivity contribution in [2.24, 2.45) is 11.7 Å². The van der Waals surface area contributed by atoms with Gasteiger partial charge in [-0.15, -0.1) is 11.8 Å². The van der Waals surface area contributed by atoms with Gasteiger partial charge in [0.25, 0.3) is 0 Å². The normalized spacial score (nSPS) is 17.8. The second kappa shape index (κ2) is 7.35. The summed E-state index contributed by atoms with van der Waals surface area (Å²) in [6.07, 6.45) is 7.83. The number of hydrogen-bond donors (Lipinski definition) is 1. The molecule has 1 aliphatic rings. The van der Waals surface area contributed by atoms with Crippen LogP contribution in [-0.2, 0) is 6.42 Å². The summed E-state index contributed by atoms with van der Waals surface area (Å²) in [6.45, 7) is 4.38. The van der Waals surface area contributed by atoms with Gasteiger partial charge in [0.2, 0.25) is 0 Å². The van der Waals surface area contributed by atoms with Gasteiger partial charge in [-0.3, -0.25) is 0 Å². The lowest BCUT2D eigenvalue weighted by molar-refractivity contribution is 0.623. The van der Waals surface area contributed by atoms with Gasteiger partial charge in [0.05, 0.1) is 0 Å². The Morgan fingerprint density at radius 2 is 2.05 bits per heavy atom. The molecule has 2 rings (SSSR count). The third-order valence-electron chi connectivity index (χ3n) is 4.28. The van der Waals surface area contributed by atoms with E-state index in [1.165, 1.54) is 47.5 Å². The van der Waals surface area contributed by atoms with E-state index in [1.54, 1.807) is 0 Å². The van der Waals surface area contributed by atoms with Gasteiger partial charge in [-0.2, -0.15) is 0 Å². The Hall–Kier alpha value is -0.470. The Bertz CT molecular complexity index is 396. The van der Waals surface area contributed by atoms with Crippen molar-refractivity contribution >= 4 is 11.8 Å². The van der Waals surface area contributed by atoms with E-state index in [1.807, 2.05) is 11.8 Å². The molecule has 0 bridgehead atoms. The molecule has 0 saturated heterocycles. The zero-order valence-corrected chi connectivity index (χ0v) is 13.1. The molecule has 2 N–H and O–H groups in total. The molecule has 1 aromatic carbocycles. The van der Waals surface area contributed by atoms with E-state index in [0.717, 1.165) is 18.8 Å². The average Bonchev–Trinajstić information content (AvgIpc) is 2.92. The first-order valence-electron chi connectivity index (χ1n) is 7.67. The van der Waals surface area contributed by atoms with Gasteiger partial charge < -0.3 is 5.73 Å². The third kappa shape index (κ3) is 4.54. The van der Waals surface area contributed by atoms with Crippen LogP contribution in [0.25, 0.3) is 0 Å². The molecule has 0 amide bonds. The molecule has 1 unspecified atom stereocenters. The number of rotatable bonds is 6. The second-order valence-corrected chi connectivity index (χ2v) is 7.02. The fraction of sp³-hybridized carbons (Fsp3) is 0.647. The van der Waals surface area contributed by atoms with Crippen LogP contribution in [0.1, 0.15) is 50.2 Å². The molecule has 0 heterocycles. The molecule has 0 aromatic heterocycles. The number of hydrogen-bond acceptors (Lipinski definition) is 2. The maximum Gasteiger partial charge on any atom is 0.00767 e. The molecule has 1 nitrogen and oxygen atoms in total. The molecule has 1 fully saturated rings. The summed E-state index contributed by atoms with van der Waals surface area (Å²) >= 11 is 2.03. The lowest BCUT2D eigenvalue weighted by Gasteiger charge is -2.13. The summed E-state index contributed by atoms with van der Waals surface area (Å²) in [5, 5.41) is 0. The van der Waals surface area contributed by atoms with Gasteiger partial charge in [-0.1, -0.05) is 25.8 Å². The number of nitrogens with two attached hydrogens (primary N) is 1. The summed E-state index contributed by atoms with van der Waals surface area (Å²) in [5.74, 6) is 2.26. The zero-order chi connectivity index (χ0) is 13.7. The fourth-order valence-corrected chi connectivity index (χ4v) is 3.99. The molecule has 0 radical (unpaired) electrons.